The van der Waals surface area contributed by atoms with Gasteiger partial charge in [-0.3, -0.25) is 0 Å². The van der Waals surface area contributed by atoms with Crippen molar-refractivity contribution in [2.24, 2.45) is 7.05 Å². The van der Waals surface area contributed by atoms with Crippen molar-refractivity contribution in [1.29, 1.82) is 0 Å². The zero-order valence-electron chi connectivity index (χ0n) is 9.32. The zero-order chi connectivity index (χ0) is 12.3. The van der Waals surface area contributed by atoms with Crippen LogP contribution in [0.5, 0.6) is 0 Å². The summed E-state index contributed by atoms with van der Waals surface area (Å²) in [4.78, 5) is 0. The number of hydrogen-bond donors (Lipinski definition) is 1. The summed E-state index contributed by atoms with van der Waals surface area (Å²) in [6.07, 6.45) is 1.70. The molecule has 90 valence electrons. The SMILES string of the molecule is Cn1cnnc1CNCc1ccc(Br)c(Br)c1. The van der Waals surface area contributed by atoms with Gasteiger partial charge in [0, 0.05) is 22.5 Å². The number of benzene rings is 1. The molecule has 1 aromatic carbocycles. The van der Waals surface area contributed by atoms with E-state index < -0.39 is 0 Å². The van der Waals surface area contributed by atoms with Crippen LogP contribution in [0.4, 0.5) is 0 Å². The molecule has 1 heterocycles. The first-order valence-corrected chi connectivity index (χ1v) is 6.73. The fourth-order valence-corrected chi connectivity index (χ4v) is 2.11. The minimum Gasteiger partial charge on any atom is -0.320 e. The molecule has 0 saturated heterocycles. The molecule has 0 aliphatic carbocycles. The molecule has 0 radical (unpaired) electrons. The van der Waals surface area contributed by atoms with Gasteiger partial charge < -0.3 is 9.88 Å². The molecule has 0 spiro atoms. The maximum absolute atomic E-state index is 4.01. The second kappa shape index (κ2) is 5.75. The van der Waals surface area contributed by atoms with E-state index in [0.29, 0.717) is 6.54 Å². The van der Waals surface area contributed by atoms with Gasteiger partial charge in [0.15, 0.2) is 0 Å². The van der Waals surface area contributed by atoms with Crippen molar-refractivity contribution in [3.05, 3.63) is 44.9 Å². The van der Waals surface area contributed by atoms with Gasteiger partial charge in [-0.25, -0.2) is 0 Å². The molecule has 17 heavy (non-hydrogen) atoms. The van der Waals surface area contributed by atoms with Crippen LogP contribution in [0.1, 0.15) is 11.4 Å². The van der Waals surface area contributed by atoms with Crippen molar-refractivity contribution in [3.8, 4) is 0 Å². The Kier molecular flexibility index (Phi) is 4.31. The molecule has 1 aromatic heterocycles. The molecular weight excluding hydrogens is 348 g/mol. The van der Waals surface area contributed by atoms with Crippen molar-refractivity contribution in [1.82, 2.24) is 20.1 Å². The van der Waals surface area contributed by atoms with Crippen molar-refractivity contribution in [2.45, 2.75) is 13.1 Å². The van der Waals surface area contributed by atoms with Crippen LogP contribution < -0.4 is 5.32 Å². The fourth-order valence-electron chi connectivity index (χ4n) is 1.44. The van der Waals surface area contributed by atoms with Gasteiger partial charge >= 0.3 is 0 Å². The molecule has 0 bridgehead atoms. The first-order chi connectivity index (χ1) is 8.16. The Balaban J connectivity index is 1.90. The summed E-state index contributed by atoms with van der Waals surface area (Å²) in [6, 6.07) is 6.20. The van der Waals surface area contributed by atoms with Gasteiger partial charge in [0.2, 0.25) is 0 Å². The van der Waals surface area contributed by atoms with Crippen molar-refractivity contribution < 1.29 is 0 Å². The Morgan fingerprint density at radius 3 is 2.71 bits per heavy atom. The van der Waals surface area contributed by atoms with Gasteiger partial charge in [-0.05, 0) is 49.6 Å². The third kappa shape index (κ3) is 3.37. The summed E-state index contributed by atoms with van der Waals surface area (Å²) in [5.41, 5.74) is 1.22. The Hall–Kier alpha value is -0.720. The number of halogens is 2. The molecule has 6 heteroatoms. The Labute approximate surface area is 117 Å². The topological polar surface area (TPSA) is 42.7 Å². The van der Waals surface area contributed by atoms with E-state index in [0.717, 1.165) is 21.3 Å². The summed E-state index contributed by atoms with van der Waals surface area (Å²) in [5.74, 6) is 0.932. The molecule has 0 fully saturated rings. The molecule has 2 rings (SSSR count). The smallest absolute Gasteiger partial charge is 0.146 e. The quantitative estimate of drug-likeness (QED) is 0.912. The molecule has 0 saturated carbocycles. The van der Waals surface area contributed by atoms with E-state index in [9.17, 15) is 0 Å². The summed E-state index contributed by atoms with van der Waals surface area (Å²) in [5, 5.41) is 11.2. The second-order valence-electron chi connectivity index (χ2n) is 3.71. The maximum atomic E-state index is 4.01. The predicted molar refractivity (Wildman–Crippen MR) is 73.4 cm³/mol. The highest BCUT2D eigenvalue weighted by molar-refractivity contribution is 9.13. The Morgan fingerprint density at radius 2 is 2.06 bits per heavy atom. The van der Waals surface area contributed by atoms with Gasteiger partial charge in [0.1, 0.15) is 12.2 Å². The standard InChI is InChI=1S/C11H12Br2N4/c1-17-7-15-16-11(17)6-14-5-8-2-3-9(12)10(13)4-8/h2-4,7,14H,5-6H2,1H3. The summed E-state index contributed by atoms with van der Waals surface area (Å²) in [7, 11) is 1.94. The van der Waals surface area contributed by atoms with Crippen molar-refractivity contribution in [2.75, 3.05) is 0 Å². The van der Waals surface area contributed by atoms with Crippen molar-refractivity contribution >= 4 is 31.9 Å². The summed E-state index contributed by atoms with van der Waals surface area (Å²) < 4.78 is 4.04. The second-order valence-corrected chi connectivity index (χ2v) is 5.42. The molecular formula is C11H12Br2N4. The highest BCUT2D eigenvalue weighted by Gasteiger charge is 2.01. The van der Waals surface area contributed by atoms with Crippen LogP contribution in [-0.2, 0) is 20.1 Å². The average molecular weight is 360 g/mol. The summed E-state index contributed by atoms with van der Waals surface area (Å²) >= 11 is 6.94. The van der Waals surface area contributed by atoms with Crippen LogP contribution >= 0.6 is 31.9 Å². The zero-order valence-corrected chi connectivity index (χ0v) is 12.5. The van der Waals surface area contributed by atoms with Gasteiger partial charge in [0.25, 0.3) is 0 Å². The lowest BCUT2D eigenvalue weighted by atomic mass is 10.2. The fraction of sp³-hybridized carbons (Fsp3) is 0.273. The molecule has 2 aromatic rings. The van der Waals surface area contributed by atoms with Crippen LogP contribution in [0.15, 0.2) is 33.5 Å². The highest BCUT2D eigenvalue weighted by Crippen LogP contribution is 2.23. The Bertz CT molecular complexity index is 510. The van der Waals surface area contributed by atoms with E-state index in [4.69, 9.17) is 0 Å². The molecule has 4 nitrogen and oxygen atoms in total. The highest BCUT2D eigenvalue weighted by atomic mass is 79.9. The van der Waals surface area contributed by atoms with E-state index in [-0.39, 0.29) is 0 Å². The van der Waals surface area contributed by atoms with Crippen LogP contribution in [0.3, 0.4) is 0 Å². The van der Waals surface area contributed by atoms with Gasteiger partial charge in [-0.2, -0.15) is 0 Å². The number of aryl methyl sites for hydroxylation is 1. The average Bonchev–Trinajstić information content (AvgIpc) is 2.70. The lowest BCUT2D eigenvalue weighted by molar-refractivity contribution is 0.637. The minimum atomic E-state index is 0.712. The van der Waals surface area contributed by atoms with Crippen LogP contribution in [-0.4, -0.2) is 14.8 Å². The normalized spacial score (nSPS) is 10.8. The number of nitrogens with one attached hydrogen (secondary N) is 1. The number of aromatic nitrogens is 3. The molecule has 0 atom stereocenters. The van der Waals surface area contributed by atoms with Gasteiger partial charge in [-0.1, -0.05) is 6.07 Å². The maximum Gasteiger partial charge on any atom is 0.146 e. The largest absolute Gasteiger partial charge is 0.320 e. The molecule has 0 aliphatic rings. The van der Waals surface area contributed by atoms with E-state index in [1.54, 1.807) is 6.33 Å². The van der Waals surface area contributed by atoms with Gasteiger partial charge in [0.05, 0.1) is 6.54 Å². The van der Waals surface area contributed by atoms with Crippen molar-refractivity contribution in [3.63, 3.8) is 0 Å². The van der Waals surface area contributed by atoms with Gasteiger partial charge in [-0.15, -0.1) is 10.2 Å². The number of hydrogen-bond acceptors (Lipinski definition) is 3. The van der Waals surface area contributed by atoms with E-state index in [1.165, 1.54) is 5.56 Å². The number of rotatable bonds is 4. The van der Waals surface area contributed by atoms with Crippen LogP contribution in [0.2, 0.25) is 0 Å². The lowest BCUT2D eigenvalue weighted by Gasteiger charge is -2.05. The monoisotopic (exact) mass is 358 g/mol. The molecule has 0 unspecified atom stereocenters. The Morgan fingerprint density at radius 1 is 1.24 bits per heavy atom. The molecule has 0 amide bonds. The lowest BCUT2D eigenvalue weighted by Crippen LogP contribution is -2.15. The van der Waals surface area contributed by atoms with E-state index in [1.807, 2.05) is 17.7 Å². The minimum absolute atomic E-state index is 0.712. The first-order valence-electron chi connectivity index (χ1n) is 5.14. The molecule has 0 aliphatic heterocycles. The third-order valence-electron chi connectivity index (χ3n) is 2.40. The number of nitrogens with zero attached hydrogens (tertiary/aromatic N) is 3. The molecule has 1 N–H and O–H groups in total. The predicted octanol–water partition coefficient (Wildman–Crippen LogP) is 2.63. The van der Waals surface area contributed by atoms with E-state index >= 15 is 0 Å². The van der Waals surface area contributed by atoms with E-state index in [2.05, 4.69) is 59.5 Å². The third-order valence-corrected chi connectivity index (χ3v) is 4.28. The first kappa shape index (κ1) is 12.7. The summed E-state index contributed by atoms with van der Waals surface area (Å²) in [6.45, 7) is 1.52. The van der Waals surface area contributed by atoms with Crippen LogP contribution in [0.25, 0.3) is 0 Å². The van der Waals surface area contributed by atoms with Crippen LogP contribution in [0, 0.1) is 0 Å².